The zero-order valence-electron chi connectivity index (χ0n) is 19.0. The average molecular weight is 507 g/mol. The Hall–Kier alpha value is -3.55. The van der Waals surface area contributed by atoms with E-state index in [1.54, 1.807) is 42.5 Å². The first-order chi connectivity index (χ1) is 16.9. The van der Waals surface area contributed by atoms with E-state index in [9.17, 15) is 14.4 Å². The Morgan fingerprint density at radius 1 is 1.00 bits per heavy atom. The third-order valence-corrected chi connectivity index (χ3v) is 6.49. The molecule has 1 fully saturated rings. The van der Waals surface area contributed by atoms with Crippen molar-refractivity contribution in [2.75, 3.05) is 11.9 Å². The van der Waals surface area contributed by atoms with Crippen LogP contribution < -0.4 is 10.1 Å². The molecule has 1 heterocycles. The Bertz CT molecular complexity index is 1270. The van der Waals surface area contributed by atoms with Crippen molar-refractivity contribution >= 4 is 52.2 Å². The van der Waals surface area contributed by atoms with Gasteiger partial charge in [0.25, 0.3) is 11.1 Å². The van der Waals surface area contributed by atoms with Gasteiger partial charge < -0.3 is 10.1 Å². The van der Waals surface area contributed by atoms with Crippen LogP contribution in [-0.4, -0.2) is 28.5 Å². The summed E-state index contributed by atoms with van der Waals surface area (Å²) in [4.78, 5) is 39.0. The number of imide groups is 1. The molecule has 8 heteroatoms. The second-order valence-electron chi connectivity index (χ2n) is 7.82. The monoisotopic (exact) mass is 506 g/mol. The van der Waals surface area contributed by atoms with Gasteiger partial charge >= 0.3 is 0 Å². The summed E-state index contributed by atoms with van der Waals surface area (Å²) in [7, 11) is 0. The molecule has 3 aromatic rings. The maximum absolute atomic E-state index is 12.9. The number of carbonyl (C=O) groups is 3. The van der Waals surface area contributed by atoms with Gasteiger partial charge in [0, 0.05) is 16.3 Å². The van der Waals surface area contributed by atoms with Gasteiger partial charge in [0.1, 0.15) is 18.9 Å². The van der Waals surface area contributed by atoms with Crippen LogP contribution in [0.25, 0.3) is 6.08 Å². The number of carbonyl (C=O) groups excluding carboxylic acids is 3. The van der Waals surface area contributed by atoms with Gasteiger partial charge in [-0.15, -0.1) is 0 Å². The molecule has 0 unspecified atom stereocenters. The van der Waals surface area contributed by atoms with Crippen molar-refractivity contribution in [3.05, 3.63) is 99.4 Å². The number of thioether (sulfide) groups is 1. The van der Waals surface area contributed by atoms with Gasteiger partial charge in [0.15, 0.2) is 0 Å². The summed E-state index contributed by atoms with van der Waals surface area (Å²) in [6.45, 7) is 2.01. The van der Waals surface area contributed by atoms with E-state index < -0.39 is 17.1 Å². The second kappa shape index (κ2) is 11.3. The molecular weight excluding hydrogens is 484 g/mol. The molecule has 1 aliphatic rings. The highest BCUT2D eigenvalue weighted by molar-refractivity contribution is 8.18. The predicted octanol–water partition coefficient (Wildman–Crippen LogP) is 6.16. The SMILES string of the molecule is CCc1ccc(NC(=O)CN2C(=O)S/C(=C/c3ccccc3OCc3ccc(Cl)cc3)C2=O)cc1. The van der Waals surface area contributed by atoms with Crippen molar-refractivity contribution in [3.63, 3.8) is 0 Å². The molecule has 0 radical (unpaired) electrons. The third kappa shape index (κ3) is 6.32. The van der Waals surface area contributed by atoms with Gasteiger partial charge in [0.2, 0.25) is 5.91 Å². The number of rotatable bonds is 8. The Morgan fingerprint density at radius 2 is 1.69 bits per heavy atom. The van der Waals surface area contributed by atoms with Crippen molar-refractivity contribution in [2.24, 2.45) is 0 Å². The molecule has 0 bridgehead atoms. The summed E-state index contributed by atoms with van der Waals surface area (Å²) in [5.41, 5.74) is 3.37. The number of benzene rings is 3. The number of nitrogens with one attached hydrogen (secondary N) is 1. The minimum Gasteiger partial charge on any atom is -0.488 e. The molecule has 1 aliphatic heterocycles. The lowest BCUT2D eigenvalue weighted by molar-refractivity contribution is -0.127. The van der Waals surface area contributed by atoms with E-state index in [2.05, 4.69) is 5.32 Å². The highest BCUT2D eigenvalue weighted by Gasteiger charge is 2.36. The van der Waals surface area contributed by atoms with E-state index in [4.69, 9.17) is 16.3 Å². The molecule has 1 saturated heterocycles. The van der Waals surface area contributed by atoms with Crippen molar-refractivity contribution in [2.45, 2.75) is 20.0 Å². The molecule has 35 heavy (non-hydrogen) atoms. The van der Waals surface area contributed by atoms with E-state index >= 15 is 0 Å². The lowest BCUT2D eigenvalue weighted by Crippen LogP contribution is -2.36. The van der Waals surface area contributed by atoms with Gasteiger partial charge in [-0.05, 0) is 65.7 Å². The fourth-order valence-electron chi connectivity index (χ4n) is 3.42. The molecule has 1 N–H and O–H groups in total. The molecule has 3 amide bonds. The van der Waals surface area contributed by atoms with E-state index in [1.165, 1.54) is 0 Å². The highest BCUT2D eigenvalue weighted by atomic mass is 35.5. The molecule has 0 spiro atoms. The van der Waals surface area contributed by atoms with Crippen LogP contribution in [0, 0.1) is 0 Å². The van der Waals surface area contributed by atoms with Crippen LogP contribution in [0.15, 0.2) is 77.7 Å². The number of halogens is 1. The average Bonchev–Trinajstić information content (AvgIpc) is 3.12. The van der Waals surface area contributed by atoms with Crippen molar-refractivity contribution in [1.29, 1.82) is 0 Å². The van der Waals surface area contributed by atoms with Crippen molar-refractivity contribution in [3.8, 4) is 5.75 Å². The molecule has 178 valence electrons. The number of aryl methyl sites for hydroxylation is 1. The number of para-hydroxylation sites is 1. The maximum atomic E-state index is 12.9. The van der Waals surface area contributed by atoms with E-state index in [-0.39, 0.29) is 11.4 Å². The highest BCUT2D eigenvalue weighted by Crippen LogP contribution is 2.34. The number of nitrogens with zero attached hydrogens (tertiary/aromatic N) is 1. The number of anilines is 1. The molecule has 3 aromatic carbocycles. The minimum atomic E-state index is -0.510. The number of hydrogen-bond acceptors (Lipinski definition) is 5. The van der Waals surface area contributed by atoms with Crippen molar-refractivity contribution < 1.29 is 19.1 Å². The van der Waals surface area contributed by atoms with E-state index in [0.29, 0.717) is 28.6 Å². The summed E-state index contributed by atoms with van der Waals surface area (Å²) in [6, 6.07) is 22.0. The zero-order chi connectivity index (χ0) is 24.8. The first kappa shape index (κ1) is 24.6. The number of ether oxygens (including phenoxy) is 1. The van der Waals surface area contributed by atoms with E-state index in [1.807, 2.05) is 43.3 Å². The Morgan fingerprint density at radius 3 is 2.40 bits per heavy atom. The molecule has 0 aromatic heterocycles. The van der Waals surface area contributed by atoms with Crippen LogP contribution in [0.5, 0.6) is 5.75 Å². The summed E-state index contributed by atoms with van der Waals surface area (Å²) < 4.78 is 5.94. The minimum absolute atomic E-state index is 0.234. The molecule has 6 nitrogen and oxygen atoms in total. The third-order valence-electron chi connectivity index (χ3n) is 5.33. The summed E-state index contributed by atoms with van der Waals surface area (Å²) in [6.07, 6.45) is 2.51. The van der Waals surface area contributed by atoms with Crippen LogP contribution in [0.3, 0.4) is 0 Å². The van der Waals surface area contributed by atoms with Gasteiger partial charge in [0.05, 0.1) is 4.91 Å². The topological polar surface area (TPSA) is 75.7 Å². The van der Waals surface area contributed by atoms with Crippen LogP contribution in [0.1, 0.15) is 23.6 Å². The van der Waals surface area contributed by atoms with Crippen LogP contribution in [0.4, 0.5) is 10.5 Å². The molecule has 0 atom stereocenters. The van der Waals surface area contributed by atoms with Gasteiger partial charge in [-0.1, -0.05) is 61.0 Å². The molecule has 0 aliphatic carbocycles. The van der Waals surface area contributed by atoms with Gasteiger partial charge in [-0.3, -0.25) is 19.3 Å². The Kier molecular flexibility index (Phi) is 7.90. The van der Waals surface area contributed by atoms with Gasteiger partial charge in [-0.25, -0.2) is 0 Å². The summed E-state index contributed by atoms with van der Waals surface area (Å²) in [5.74, 6) is -0.379. The van der Waals surface area contributed by atoms with Crippen LogP contribution >= 0.6 is 23.4 Å². The second-order valence-corrected chi connectivity index (χ2v) is 9.25. The molecular formula is C27H23ClN2O4S. The van der Waals surface area contributed by atoms with E-state index in [0.717, 1.165) is 34.2 Å². The lowest BCUT2D eigenvalue weighted by Gasteiger charge is -2.13. The molecule has 4 rings (SSSR count). The first-order valence-corrected chi connectivity index (χ1v) is 12.2. The van der Waals surface area contributed by atoms with Gasteiger partial charge in [-0.2, -0.15) is 0 Å². The fourth-order valence-corrected chi connectivity index (χ4v) is 4.37. The Labute approximate surface area is 212 Å². The summed E-state index contributed by atoms with van der Waals surface area (Å²) in [5, 5.41) is 2.89. The zero-order valence-corrected chi connectivity index (χ0v) is 20.6. The quantitative estimate of drug-likeness (QED) is 0.370. The smallest absolute Gasteiger partial charge is 0.294 e. The first-order valence-electron chi connectivity index (χ1n) is 11.0. The molecule has 0 saturated carbocycles. The predicted molar refractivity (Wildman–Crippen MR) is 139 cm³/mol. The van der Waals surface area contributed by atoms with Crippen LogP contribution in [-0.2, 0) is 22.6 Å². The largest absolute Gasteiger partial charge is 0.488 e. The summed E-state index contributed by atoms with van der Waals surface area (Å²) >= 11 is 6.73. The lowest BCUT2D eigenvalue weighted by atomic mass is 10.1. The van der Waals surface area contributed by atoms with Crippen LogP contribution in [0.2, 0.25) is 5.02 Å². The standard InChI is InChI=1S/C27H23ClN2O4S/c1-2-18-9-13-22(14-10-18)29-25(31)16-30-26(32)24(35-27(30)33)15-20-5-3-4-6-23(20)34-17-19-7-11-21(28)12-8-19/h3-15H,2,16-17H2,1H3,(H,29,31)/b24-15+. The fraction of sp³-hybridized carbons (Fsp3) is 0.148. The van der Waals surface area contributed by atoms with Crippen molar-refractivity contribution in [1.82, 2.24) is 4.90 Å². The number of hydrogen-bond donors (Lipinski definition) is 1. The normalized spacial score (nSPS) is 14.5. The Balaban J connectivity index is 1.42. The number of amides is 3. The maximum Gasteiger partial charge on any atom is 0.294 e.